The Bertz CT molecular complexity index is 1150. The van der Waals surface area contributed by atoms with Gasteiger partial charge in [0.2, 0.25) is 5.91 Å². The van der Waals surface area contributed by atoms with Gasteiger partial charge in [-0.25, -0.2) is 0 Å². The molecule has 184 valence electrons. The Labute approximate surface area is 201 Å². The molecule has 1 atom stereocenters. The number of carbonyl (C=O) groups excluding carboxylic acids is 2. The second-order valence-corrected chi connectivity index (χ2v) is 9.40. The van der Waals surface area contributed by atoms with Crippen molar-refractivity contribution in [3.05, 3.63) is 59.4 Å². The second kappa shape index (κ2) is 9.21. The molecule has 2 aliphatic heterocycles. The molecule has 4 rings (SSSR count). The predicted molar refractivity (Wildman–Crippen MR) is 122 cm³/mol. The number of halogens is 3. The number of rotatable bonds is 3. The zero-order valence-electron chi connectivity index (χ0n) is 19.5. The van der Waals surface area contributed by atoms with Gasteiger partial charge in [0.25, 0.3) is 5.91 Å². The standard InChI is InChI=1S/C25H26F3N5O2/c1-31(2)23(35)21-15-33(22(34)17-5-9-30-10-6-17)16-24(21)7-11-32(12-8-24)19-4-3-18(14-29)20(13-19)25(26,27)28/h3-6,9-10,13,21H,7-8,11-12,15-16H2,1-2H3. The fourth-order valence-electron chi connectivity index (χ4n) is 5.23. The van der Waals surface area contributed by atoms with Gasteiger partial charge in [-0.1, -0.05) is 0 Å². The van der Waals surface area contributed by atoms with E-state index in [2.05, 4.69) is 4.98 Å². The summed E-state index contributed by atoms with van der Waals surface area (Å²) < 4.78 is 40.3. The first-order valence-electron chi connectivity index (χ1n) is 11.3. The van der Waals surface area contributed by atoms with E-state index in [0.717, 1.165) is 6.07 Å². The molecular formula is C25H26F3N5O2. The summed E-state index contributed by atoms with van der Waals surface area (Å²) in [6, 6.07) is 8.64. The van der Waals surface area contributed by atoms with Crippen molar-refractivity contribution < 1.29 is 22.8 Å². The number of amides is 2. The number of carbonyl (C=O) groups is 2. The summed E-state index contributed by atoms with van der Waals surface area (Å²) >= 11 is 0. The lowest BCUT2D eigenvalue weighted by molar-refractivity contribution is -0.138. The number of benzene rings is 1. The van der Waals surface area contributed by atoms with Gasteiger partial charge < -0.3 is 14.7 Å². The summed E-state index contributed by atoms with van der Waals surface area (Å²) in [7, 11) is 3.38. The molecule has 3 heterocycles. The van der Waals surface area contributed by atoms with Crippen LogP contribution in [0.25, 0.3) is 0 Å². The molecule has 10 heteroatoms. The van der Waals surface area contributed by atoms with E-state index < -0.39 is 28.6 Å². The number of anilines is 1. The van der Waals surface area contributed by atoms with E-state index in [1.54, 1.807) is 49.6 Å². The molecule has 1 aromatic heterocycles. The number of pyridine rings is 1. The van der Waals surface area contributed by atoms with Crippen LogP contribution < -0.4 is 4.90 Å². The lowest BCUT2D eigenvalue weighted by atomic mass is 9.70. The molecule has 0 aliphatic carbocycles. The van der Waals surface area contributed by atoms with Crippen molar-refractivity contribution in [3.8, 4) is 6.07 Å². The van der Waals surface area contributed by atoms with Crippen LogP contribution in [-0.4, -0.2) is 66.9 Å². The van der Waals surface area contributed by atoms with E-state index >= 15 is 0 Å². The van der Waals surface area contributed by atoms with Gasteiger partial charge in [0.1, 0.15) is 0 Å². The van der Waals surface area contributed by atoms with E-state index in [1.165, 1.54) is 17.0 Å². The molecule has 2 saturated heterocycles. The van der Waals surface area contributed by atoms with Gasteiger partial charge in [-0.15, -0.1) is 0 Å². The smallest absolute Gasteiger partial charge is 0.371 e. The maximum absolute atomic E-state index is 13.4. The highest BCUT2D eigenvalue weighted by atomic mass is 19.4. The van der Waals surface area contributed by atoms with Crippen molar-refractivity contribution in [3.63, 3.8) is 0 Å². The number of nitriles is 1. The molecule has 7 nitrogen and oxygen atoms in total. The predicted octanol–water partition coefficient (Wildman–Crippen LogP) is 3.42. The Morgan fingerprint density at radius 3 is 2.37 bits per heavy atom. The van der Waals surface area contributed by atoms with E-state index in [-0.39, 0.29) is 11.8 Å². The van der Waals surface area contributed by atoms with Gasteiger partial charge in [-0.05, 0) is 43.2 Å². The minimum Gasteiger partial charge on any atom is -0.371 e. The Balaban J connectivity index is 1.57. The molecule has 1 aromatic carbocycles. The van der Waals surface area contributed by atoms with Gasteiger partial charge in [0, 0.05) is 69.3 Å². The minimum absolute atomic E-state index is 0.0544. The number of aromatic nitrogens is 1. The van der Waals surface area contributed by atoms with Crippen LogP contribution >= 0.6 is 0 Å². The molecule has 0 radical (unpaired) electrons. The van der Waals surface area contributed by atoms with Crippen LogP contribution in [0.4, 0.5) is 18.9 Å². The van der Waals surface area contributed by atoms with Gasteiger partial charge in [0.05, 0.1) is 23.1 Å². The van der Waals surface area contributed by atoms with Crippen LogP contribution in [-0.2, 0) is 11.0 Å². The number of likely N-dealkylation sites (tertiary alicyclic amines) is 1. The normalized spacial score (nSPS) is 19.5. The third kappa shape index (κ3) is 4.67. The summed E-state index contributed by atoms with van der Waals surface area (Å²) in [6.07, 6.45) is -0.419. The SMILES string of the molecule is CN(C)C(=O)C1CN(C(=O)c2ccncc2)CC12CCN(c1ccc(C#N)c(C(F)(F)F)c1)CC2. The fraction of sp³-hybridized carbons (Fsp3) is 0.440. The van der Waals surface area contributed by atoms with Crippen LogP contribution in [0, 0.1) is 22.7 Å². The minimum atomic E-state index is -4.62. The fourth-order valence-corrected chi connectivity index (χ4v) is 5.23. The van der Waals surface area contributed by atoms with Crippen molar-refractivity contribution in [2.45, 2.75) is 19.0 Å². The Kier molecular flexibility index (Phi) is 6.45. The van der Waals surface area contributed by atoms with Crippen LogP contribution in [0.5, 0.6) is 0 Å². The van der Waals surface area contributed by atoms with E-state index in [4.69, 9.17) is 5.26 Å². The van der Waals surface area contributed by atoms with Crippen molar-refractivity contribution in [2.75, 3.05) is 45.2 Å². The third-order valence-electron chi connectivity index (χ3n) is 7.15. The summed E-state index contributed by atoms with van der Waals surface area (Å²) in [5.74, 6) is -0.608. The molecule has 1 spiro atoms. The van der Waals surface area contributed by atoms with Crippen LogP contribution in [0.1, 0.15) is 34.3 Å². The lowest BCUT2D eigenvalue weighted by Gasteiger charge is -2.43. The van der Waals surface area contributed by atoms with Crippen LogP contribution in [0.3, 0.4) is 0 Å². The molecule has 0 saturated carbocycles. The second-order valence-electron chi connectivity index (χ2n) is 9.40. The molecule has 2 amide bonds. The van der Waals surface area contributed by atoms with Gasteiger partial charge >= 0.3 is 6.18 Å². The summed E-state index contributed by atoms with van der Waals surface area (Å²) in [5.41, 5.74) is -0.923. The van der Waals surface area contributed by atoms with Crippen LogP contribution in [0.15, 0.2) is 42.7 Å². The Hall–Kier alpha value is -3.61. The topological polar surface area (TPSA) is 80.5 Å². The first-order chi connectivity index (χ1) is 16.6. The zero-order valence-corrected chi connectivity index (χ0v) is 19.5. The molecule has 35 heavy (non-hydrogen) atoms. The largest absolute Gasteiger partial charge is 0.417 e. The van der Waals surface area contributed by atoms with E-state index in [9.17, 15) is 22.8 Å². The van der Waals surface area contributed by atoms with Crippen molar-refractivity contribution in [1.82, 2.24) is 14.8 Å². The van der Waals surface area contributed by atoms with Gasteiger partial charge in [-0.2, -0.15) is 18.4 Å². The zero-order chi connectivity index (χ0) is 25.4. The molecule has 0 bridgehead atoms. The molecule has 0 N–H and O–H groups in total. The molecular weight excluding hydrogens is 459 g/mol. The van der Waals surface area contributed by atoms with E-state index in [0.29, 0.717) is 50.3 Å². The molecule has 2 aliphatic rings. The van der Waals surface area contributed by atoms with Crippen molar-refractivity contribution >= 4 is 17.5 Å². The van der Waals surface area contributed by atoms with E-state index in [1.807, 2.05) is 4.90 Å². The van der Waals surface area contributed by atoms with Crippen molar-refractivity contribution in [2.24, 2.45) is 11.3 Å². The maximum atomic E-state index is 13.4. The quantitative estimate of drug-likeness (QED) is 0.666. The highest BCUT2D eigenvalue weighted by Gasteiger charge is 2.52. The number of hydrogen-bond donors (Lipinski definition) is 0. The highest BCUT2D eigenvalue weighted by Crippen LogP contribution is 2.47. The number of nitrogens with zero attached hydrogens (tertiary/aromatic N) is 5. The summed E-state index contributed by atoms with van der Waals surface area (Å²) in [5, 5.41) is 9.07. The average Bonchev–Trinajstić information content (AvgIpc) is 3.21. The third-order valence-corrected chi connectivity index (χ3v) is 7.15. The first-order valence-corrected chi connectivity index (χ1v) is 11.3. The Morgan fingerprint density at radius 2 is 1.80 bits per heavy atom. The first kappa shape index (κ1) is 24.5. The molecule has 2 fully saturated rings. The molecule has 1 unspecified atom stereocenters. The summed E-state index contributed by atoms with van der Waals surface area (Å²) in [6.45, 7) is 1.59. The summed E-state index contributed by atoms with van der Waals surface area (Å²) in [4.78, 5) is 35.3. The van der Waals surface area contributed by atoms with Gasteiger partial charge in [0.15, 0.2) is 0 Å². The number of hydrogen-bond acceptors (Lipinski definition) is 5. The number of piperidine rings is 1. The average molecular weight is 486 g/mol. The monoisotopic (exact) mass is 485 g/mol. The highest BCUT2D eigenvalue weighted by molar-refractivity contribution is 5.95. The van der Waals surface area contributed by atoms with Crippen molar-refractivity contribution in [1.29, 1.82) is 5.26 Å². The Morgan fingerprint density at radius 1 is 1.14 bits per heavy atom. The van der Waals surface area contributed by atoms with Gasteiger partial charge in [-0.3, -0.25) is 14.6 Å². The maximum Gasteiger partial charge on any atom is 0.417 e. The lowest BCUT2D eigenvalue weighted by Crippen LogP contribution is -2.48. The molecule has 2 aromatic rings. The number of alkyl halides is 3. The van der Waals surface area contributed by atoms with Crippen LogP contribution in [0.2, 0.25) is 0 Å².